The van der Waals surface area contributed by atoms with E-state index in [1.54, 1.807) is 0 Å². The van der Waals surface area contributed by atoms with Crippen LogP contribution in [0.15, 0.2) is 24.2 Å². The number of rotatable bonds is 6. The quantitative estimate of drug-likeness (QED) is 0.301. The van der Waals surface area contributed by atoms with Crippen molar-refractivity contribution in [2.24, 2.45) is 0 Å². The fourth-order valence-electron chi connectivity index (χ4n) is 1.51. The molecule has 0 spiro atoms. The maximum Gasteiger partial charge on any atom is 0.489 e. The number of hydrogen-bond donors (Lipinski definition) is 0. The molecule has 1 heterocycles. The van der Waals surface area contributed by atoms with Gasteiger partial charge in [-0.25, -0.2) is 0 Å². The number of unbranched alkanes of at least 4 members (excludes halogenated alkanes) is 1. The van der Waals surface area contributed by atoms with Crippen molar-refractivity contribution in [2.75, 3.05) is 19.1 Å². The first-order valence-corrected chi connectivity index (χ1v) is 6.01. The van der Waals surface area contributed by atoms with Crippen molar-refractivity contribution in [2.45, 2.75) is 25.7 Å². The zero-order valence-electron chi connectivity index (χ0n) is 9.08. The Kier molecular flexibility index (Phi) is 6.81. The first kappa shape index (κ1) is 12.8. The van der Waals surface area contributed by atoms with Gasteiger partial charge in [-0.15, -0.1) is 18.2 Å². The molecule has 2 nitrogen and oxygen atoms in total. The molecule has 84 valence electrons. The van der Waals surface area contributed by atoms with Crippen LogP contribution in [0.5, 0.6) is 0 Å². The second-order valence-corrected chi connectivity index (χ2v) is 3.91. The van der Waals surface area contributed by atoms with Crippen molar-refractivity contribution < 1.29 is 9.31 Å². The minimum Gasteiger partial charge on any atom is -0.407 e. The largest absolute Gasteiger partial charge is 0.489 e. The lowest BCUT2D eigenvalue weighted by Crippen LogP contribution is -2.31. The molecule has 15 heavy (non-hydrogen) atoms. The van der Waals surface area contributed by atoms with Gasteiger partial charge in [0.1, 0.15) is 0 Å². The third-order valence-electron chi connectivity index (χ3n) is 2.25. The summed E-state index contributed by atoms with van der Waals surface area (Å²) in [6.45, 7) is 5.32. The molecule has 4 heteroatoms. The summed E-state index contributed by atoms with van der Waals surface area (Å²) in [5.41, 5.74) is 1.18. The summed E-state index contributed by atoms with van der Waals surface area (Å²) in [4.78, 5) is 0. The Balaban J connectivity index is 2.46. The number of alkyl halides is 1. The summed E-state index contributed by atoms with van der Waals surface area (Å²) in [6, 6.07) is 0. The number of halogens is 1. The standard InChI is InChI=1S/C11H18BClO2/c1-2-6-11(7-3-4-8-13)12-14-9-5-10-15-12/h2,7H,1,3-6,8-10H2/b11-7-. The van der Waals surface area contributed by atoms with Gasteiger partial charge in [0, 0.05) is 19.1 Å². The van der Waals surface area contributed by atoms with Crippen molar-refractivity contribution >= 4 is 18.7 Å². The minimum absolute atomic E-state index is 0.160. The molecule has 0 amide bonds. The highest BCUT2D eigenvalue weighted by molar-refractivity contribution is 6.53. The molecular weight excluding hydrogens is 210 g/mol. The summed E-state index contributed by atoms with van der Waals surface area (Å²) < 4.78 is 11.1. The van der Waals surface area contributed by atoms with Crippen LogP contribution < -0.4 is 0 Å². The van der Waals surface area contributed by atoms with Crippen LogP contribution in [0.1, 0.15) is 25.7 Å². The van der Waals surface area contributed by atoms with Gasteiger partial charge in [-0.05, 0) is 31.2 Å². The molecule has 1 aliphatic rings. The molecule has 0 N–H and O–H groups in total. The highest BCUT2D eigenvalue weighted by Crippen LogP contribution is 2.15. The predicted octanol–water partition coefficient (Wildman–Crippen LogP) is 2.97. The first-order valence-electron chi connectivity index (χ1n) is 5.47. The van der Waals surface area contributed by atoms with Crippen LogP contribution in [0.2, 0.25) is 0 Å². The molecule has 0 unspecified atom stereocenters. The van der Waals surface area contributed by atoms with E-state index in [1.165, 1.54) is 5.47 Å². The third-order valence-corrected chi connectivity index (χ3v) is 2.52. The topological polar surface area (TPSA) is 18.5 Å². The first-order chi connectivity index (χ1) is 7.38. The summed E-state index contributed by atoms with van der Waals surface area (Å²) in [5.74, 6) is 0.699. The molecule has 0 saturated carbocycles. The van der Waals surface area contributed by atoms with Gasteiger partial charge in [0.05, 0.1) is 0 Å². The van der Waals surface area contributed by atoms with Gasteiger partial charge in [0.25, 0.3) is 0 Å². The smallest absolute Gasteiger partial charge is 0.407 e. The Morgan fingerprint density at radius 2 is 2.13 bits per heavy atom. The Morgan fingerprint density at radius 1 is 1.40 bits per heavy atom. The lowest BCUT2D eigenvalue weighted by atomic mass is 9.74. The molecule has 1 saturated heterocycles. The third kappa shape index (κ3) is 4.87. The van der Waals surface area contributed by atoms with Crippen LogP contribution in [-0.2, 0) is 9.31 Å². The van der Waals surface area contributed by atoms with Crippen molar-refractivity contribution in [3.8, 4) is 0 Å². The maximum atomic E-state index is 5.64. The fraction of sp³-hybridized carbons (Fsp3) is 0.636. The van der Waals surface area contributed by atoms with E-state index in [0.717, 1.165) is 38.9 Å². The molecule has 0 bridgehead atoms. The van der Waals surface area contributed by atoms with Gasteiger partial charge in [0.15, 0.2) is 0 Å². The van der Waals surface area contributed by atoms with Gasteiger partial charge in [-0.3, -0.25) is 0 Å². The summed E-state index contributed by atoms with van der Waals surface area (Å²) in [5, 5.41) is 0. The molecule has 0 aromatic rings. The molecule has 0 aromatic carbocycles. The normalized spacial score (nSPS) is 17.9. The monoisotopic (exact) mass is 228 g/mol. The minimum atomic E-state index is -0.160. The Bertz CT molecular complexity index is 213. The average Bonchev–Trinajstić information content (AvgIpc) is 2.29. The van der Waals surface area contributed by atoms with Crippen molar-refractivity contribution in [1.29, 1.82) is 0 Å². The van der Waals surface area contributed by atoms with E-state index in [1.807, 2.05) is 6.08 Å². The molecule has 1 rings (SSSR count). The fourth-order valence-corrected chi connectivity index (χ4v) is 1.66. The summed E-state index contributed by atoms with van der Waals surface area (Å²) in [7, 11) is -0.160. The zero-order chi connectivity index (χ0) is 10.9. The Labute approximate surface area is 97.4 Å². The van der Waals surface area contributed by atoms with Crippen LogP contribution >= 0.6 is 11.6 Å². The molecule has 0 atom stereocenters. The van der Waals surface area contributed by atoms with E-state index < -0.39 is 0 Å². The van der Waals surface area contributed by atoms with E-state index >= 15 is 0 Å². The SMILES string of the molecule is C=CC/C(=C/CCCCl)B1OCCCO1. The highest BCUT2D eigenvalue weighted by atomic mass is 35.5. The van der Waals surface area contributed by atoms with Crippen LogP contribution in [0.4, 0.5) is 0 Å². The number of allylic oxidation sites excluding steroid dienone is 3. The van der Waals surface area contributed by atoms with Crippen molar-refractivity contribution in [3.05, 3.63) is 24.2 Å². The lowest BCUT2D eigenvalue weighted by molar-refractivity contribution is 0.139. The summed E-state index contributed by atoms with van der Waals surface area (Å²) in [6.07, 6.45) is 7.84. The van der Waals surface area contributed by atoms with Gasteiger partial charge < -0.3 is 9.31 Å². The predicted molar refractivity (Wildman–Crippen MR) is 65.1 cm³/mol. The van der Waals surface area contributed by atoms with E-state index in [-0.39, 0.29) is 7.12 Å². The van der Waals surface area contributed by atoms with Crippen LogP contribution in [-0.4, -0.2) is 26.2 Å². The molecule has 1 fully saturated rings. The number of hydrogen-bond acceptors (Lipinski definition) is 2. The molecule has 0 aliphatic carbocycles. The van der Waals surface area contributed by atoms with Crippen molar-refractivity contribution in [1.82, 2.24) is 0 Å². The highest BCUT2D eigenvalue weighted by Gasteiger charge is 2.25. The maximum absolute atomic E-state index is 5.64. The molecule has 1 aliphatic heterocycles. The second-order valence-electron chi connectivity index (χ2n) is 3.53. The van der Waals surface area contributed by atoms with Gasteiger partial charge in [-0.2, -0.15) is 0 Å². The van der Waals surface area contributed by atoms with E-state index in [0.29, 0.717) is 5.88 Å². The van der Waals surface area contributed by atoms with Crippen LogP contribution in [0.3, 0.4) is 0 Å². The lowest BCUT2D eigenvalue weighted by Gasteiger charge is -2.21. The van der Waals surface area contributed by atoms with Crippen LogP contribution in [0.25, 0.3) is 0 Å². The zero-order valence-corrected chi connectivity index (χ0v) is 9.84. The van der Waals surface area contributed by atoms with E-state index in [2.05, 4.69) is 12.7 Å². The van der Waals surface area contributed by atoms with Gasteiger partial charge in [0.2, 0.25) is 0 Å². The van der Waals surface area contributed by atoms with Crippen LogP contribution in [0, 0.1) is 0 Å². The van der Waals surface area contributed by atoms with Gasteiger partial charge >= 0.3 is 7.12 Å². The Morgan fingerprint density at radius 3 is 2.73 bits per heavy atom. The van der Waals surface area contributed by atoms with Crippen molar-refractivity contribution in [3.63, 3.8) is 0 Å². The molecular formula is C11H18BClO2. The Hall–Kier alpha value is -0.245. The van der Waals surface area contributed by atoms with E-state index in [9.17, 15) is 0 Å². The second kappa shape index (κ2) is 7.97. The summed E-state index contributed by atoms with van der Waals surface area (Å²) >= 11 is 5.64. The molecule has 0 aromatic heterocycles. The van der Waals surface area contributed by atoms with E-state index in [4.69, 9.17) is 20.9 Å². The molecule has 0 radical (unpaired) electrons. The average molecular weight is 229 g/mol. The van der Waals surface area contributed by atoms with Gasteiger partial charge in [-0.1, -0.05) is 12.2 Å².